The zero-order valence-electron chi connectivity index (χ0n) is 16.9. The molecular weight excluding hydrogens is 410 g/mol. The van der Waals surface area contributed by atoms with Crippen molar-refractivity contribution in [1.29, 1.82) is 0 Å². The van der Waals surface area contributed by atoms with E-state index in [1.807, 2.05) is 60.7 Å². The number of hydrogen-bond donors (Lipinski definition) is 1. The maximum Gasteiger partial charge on any atom is 0.227 e. The number of nitrogens with zero attached hydrogens (tertiary/aromatic N) is 2. The Morgan fingerprint density at radius 2 is 1.68 bits per heavy atom. The van der Waals surface area contributed by atoms with Gasteiger partial charge in [0.25, 0.3) is 0 Å². The standard InChI is InChI=1S/C24H21N3O3S/c1-31(28,29)20-11-7-10-19(16-20)26-24-25-15-14-22(27-24)21-12-5-6-13-23(21)30-17-18-8-3-2-4-9-18/h2-16H,17H2,1H3,(H,25,26,27). The number of hydrogen-bond acceptors (Lipinski definition) is 6. The molecule has 0 radical (unpaired) electrons. The average Bonchev–Trinajstić information content (AvgIpc) is 2.78. The fourth-order valence-electron chi connectivity index (χ4n) is 3.04. The van der Waals surface area contributed by atoms with E-state index in [4.69, 9.17) is 4.74 Å². The molecule has 0 fully saturated rings. The van der Waals surface area contributed by atoms with Crippen LogP contribution in [0.3, 0.4) is 0 Å². The second-order valence-corrected chi connectivity index (χ2v) is 8.98. The molecule has 4 aromatic rings. The molecule has 3 aromatic carbocycles. The summed E-state index contributed by atoms with van der Waals surface area (Å²) in [6, 6.07) is 26.0. The van der Waals surface area contributed by atoms with Crippen molar-refractivity contribution in [2.24, 2.45) is 0 Å². The summed E-state index contributed by atoms with van der Waals surface area (Å²) in [6.45, 7) is 0.451. The SMILES string of the molecule is CS(=O)(=O)c1cccc(Nc2nccc(-c3ccccc3OCc3ccccc3)n2)c1. The number of benzene rings is 3. The lowest BCUT2D eigenvalue weighted by Gasteiger charge is -2.12. The number of ether oxygens (including phenoxy) is 1. The first-order chi connectivity index (χ1) is 15.0. The molecule has 0 saturated heterocycles. The minimum atomic E-state index is -3.30. The lowest BCUT2D eigenvalue weighted by atomic mass is 10.1. The van der Waals surface area contributed by atoms with E-state index < -0.39 is 9.84 Å². The second kappa shape index (κ2) is 8.97. The van der Waals surface area contributed by atoms with E-state index in [0.29, 0.717) is 23.9 Å². The van der Waals surface area contributed by atoms with Crippen LogP contribution in [-0.2, 0) is 16.4 Å². The Labute approximate surface area is 181 Å². The predicted molar refractivity (Wildman–Crippen MR) is 121 cm³/mol. The van der Waals surface area contributed by atoms with Crippen LogP contribution in [0.15, 0.2) is 96.0 Å². The molecule has 0 aliphatic heterocycles. The highest BCUT2D eigenvalue weighted by Crippen LogP contribution is 2.30. The molecule has 0 aliphatic rings. The van der Waals surface area contributed by atoms with Crippen LogP contribution in [-0.4, -0.2) is 24.6 Å². The fraction of sp³-hybridized carbons (Fsp3) is 0.0833. The Hall–Kier alpha value is -3.71. The summed E-state index contributed by atoms with van der Waals surface area (Å²) >= 11 is 0. The second-order valence-electron chi connectivity index (χ2n) is 6.96. The van der Waals surface area contributed by atoms with Crippen LogP contribution < -0.4 is 10.1 Å². The predicted octanol–water partition coefficient (Wildman–Crippen LogP) is 4.87. The molecule has 0 bridgehead atoms. The number of sulfone groups is 1. The normalized spacial score (nSPS) is 11.1. The van der Waals surface area contributed by atoms with Crippen LogP contribution in [0.4, 0.5) is 11.6 Å². The number of anilines is 2. The molecule has 0 amide bonds. The van der Waals surface area contributed by atoms with Gasteiger partial charge in [0.05, 0.1) is 10.6 Å². The van der Waals surface area contributed by atoms with Crippen LogP contribution in [0.2, 0.25) is 0 Å². The summed E-state index contributed by atoms with van der Waals surface area (Å²) in [7, 11) is -3.30. The Balaban J connectivity index is 1.58. The van der Waals surface area contributed by atoms with Gasteiger partial charge >= 0.3 is 0 Å². The van der Waals surface area contributed by atoms with Crippen LogP contribution in [0.1, 0.15) is 5.56 Å². The van der Waals surface area contributed by atoms with Crippen molar-refractivity contribution in [3.05, 3.63) is 96.7 Å². The lowest BCUT2D eigenvalue weighted by molar-refractivity contribution is 0.307. The minimum absolute atomic E-state index is 0.230. The first-order valence-corrected chi connectivity index (χ1v) is 11.5. The molecule has 0 atom stereocenters. The third kappa shape index (κ3) is 5.26. The molecule has 1 aromatic heterocycles. The third-order valence-corrected chi connectivity index (χ3v) is 5.68. The van der Waals surface area contributed by atoms with Gasteiger partial charge < -0.3 is 10.1 Å². The van der Waals surface area contributed by atoms with Gasteiger partial charge in [-0.2, -0.15) is 0 Å². The zero-order valence-corrected chi connectivity index (χ0v) is 17.7. The summed E-state index contributed by atoms with van der Waals surface area (Å²) in [4.78, 5) is 9.09. The van der Waals surface area contributed by atoms with Gasteiger partial charge in [0.1, 0.15) is 12.4 Å². The van der Waals surface area contributed by atoms with Gasteiger partial charge in [-0.1, -0.05) is 48.5 Å². The molecule has 7 heteroatoms. The molecule has 4 rings (SSSR count). The maximum absolute atomic E-state index is 11.8. The fourth-order valence-corrected chi connectivity index (χ4v) is 3.71. The average molecular weight is 432 g/mol. The van der Waals surface area contributed by atoms with Crippen molar-refractivity contribution in [2.45, 2.75) is 11.5 Å². The number of para-hydroxylation sites is 1. The van der Waals surface area contributed by atoms with Crippen LogP contribution in [0.5, 0.6) is 5.75 Å². The monoisotopic (exact) mass is 431 g/mol. The van der Waals surface area contributed by atoms with Gasteiger partial charge in [-0.3, -0.25) is 0 Å². The molecular formula is C24H21N3O3S. The van der Waals surface area contributed by atoms with Gasteiger partial charge in [-0.05, 0) is 42.0 Å². The first-order valence-electron chi connectivity index (χ1n) is 9.65. The molecule has 1 heterocycles. The van der Waals surface area contributed by atoms with E-state index in [9.17, 15) is 8.42 Å². The summed E-state index contributed by atoms with van der Waals surface area (Å²) in [5.41, 5.74) is 3.20. The third-order valence-electron chi connectivity index (χ3n) is 4.57. The summed E-state index contributed by atoms with van der Waals surface area (Å²) in [5, 5.41) is 3.08. The van der Waals surface area contributed by atoms with Gasteiger partial charge in [0.2, 0.25) is 5.95 Å². The molecule has 6 nitrogen and oxygen atoms in total. The Morgan fingerprint density at radius 1 is 0.903 bits per heavy atom. The molecule has 156 valence electrons. The van der Waals surface area contributed by atoms with Crippen LogP contribution in [0, 0.1) is 0 Å². The first kappa shape index (κ1) is 20.6. The van der Waals surface area contributed by atoms with E-state index in [-0.39, 0.29) is 4.90 Å². The van der Waals surface area contributed by atoms with Crippen LogP contribution in [0.25, 0.3) is 11.3 Å². The van der Waals surface area contributed by atoms with Gasteiger partial charge in [-0.25, -0.2) is 18.4 Å². The Kier molecular flexibility index (Phi) is 5.95. The van der Waals surface area contributed by atoms with E-state index in [1.165, 1.54) is 6.26 Å². The number of aromatic nitrogens is 2. The molecule has 0 unspecified atom stereocenters. The van der Waals surface area contributed by atoms with Crippen molar-refractivity contribution in [3.63, 3.8) is 0 Å². The lowest BCUT2D eigenvalue weighted by Crippen LogP contribution is -2.01. The smallest absolute Gasteiger partial charge is 0.227 e. The minimum Gasteiger partial charge on any atom is -0.488 e. The maximum atomic E-state index is 11.8. The number of rotatable bonds is 7. The highest BCUT2D eigenvalue weighted by atomic mass is 32.2. The molecule has 0 spiro atoms. The molecule has 31 heavy (non-hydrogen) atoms. The van der Waals surface area contributed by atoms with Gasteiger partial charge in [-0.15, -0.1) is 0 Å². The number of nitrogens with one attached hydrogen (secondary N) is 1. The van der Waals surface area contributed by atoms with E-state index in [1.54, 1.807) is 30.5 Å². The summed E-state index contributed by atoms with van der Waals surface area (Å²) < 4.78 is 29.7. The molecule has 0 aliphatic carbocycles. The molecule has 1 N–H and O–H groups in total. The van der Waals surface area contributed by atoms with Crippen molar-refractivity contribution < 1.29 is 13.2 Å². The van der Waals surface area contributed by atoms with E-state index in [0.717, 1.165) is 16.9 Å². The van der Waals surface area contributed by atoms with Crippen molar-refractivity contribution in [3.8, 4) is 17.0 Å². The largest absolute Gasteiger partial charge is 0.488 e. The van der Waals surface area contributed by atoms with E-state index >= 15 is 0 Å². The highest BCUT2D eigenvalue weighted by molar-refractivity contribution is 7.90. The van der Waals surface area contributed by atoms with Crippen molar-refractivity contribution in [2.75, 3.05) is 11.6 Å². The zero-order chi connectivity index (χ0) is 21.7. The highest BCUT2D eigenvalue weighted by Gasteiger charge is 2.11. The quantitative estimate of drug-likeness (QED) is 0.450. The topological polar surface area (TPSA) is 81.2 Å². The van der Waals surface area contributed by atoms with Gasteiger partial charge in [0.15, 0.2) is 9.84 Å². The summed E-state index contributed by atoms with van der Waals surface area (Å²) in [5.74, 6) is 1.08. The van der Waals surface area contributed by atoms with Crippen LogP contribution >= 0.6 is 0 Å². The molecule has 0 saturated carbocycles. The van der Waals surface area contributed by atoms with Crippen molar-refractivity contribution in [1.82, 2.24) is 9.97 Å². The Morgan fingerprint density at radius 3 is 2.48 bits per heavy atom. The van der Waals surface area contributed by atoms with Crippen molar-refractivity contribution >= 4 is 21.5 Å². The Bertz CT molecular complexity index is 1290. The summed E-state index contributed by atoms with van der Waals surface area (Å²) in [6.07, 6.45) is 2.83. The van der Waals surface area contributed by atoms with Gasteiger partial charge in [0, 0.05) is 23.7 Å². The van der Waals surface area contributed by atoms with E-state index in [2.05, 4.69) is 15.3 Å².